The minimum atomic E-state index is -0.544. The second-order valence-electron chi connectivity index (χ2n) is 6.04. The first-order valence-electron chi connectivity index (χ1n) is 8.27. The van der Waals surface area contributed by atoms with Gasteiger partial charge < -0.3 is 10.6 Å². The summed E-state index contributed by atoms with van der Waals surface area (Å²) in [5.41, 5.74) is 2.53. The molecule has 1 aliphatic heterocycles. The summed E-state index contributed by atoms with van der Waals surface area (Å²) in [5, 5.41) is 5.77. The van der Waals surface area contributed by atoms with Crippen LogP contribution in [0.1, 0.15) is 33.3 Å². The van der Waals surface area contributed by atoms with E-state index in [1.807, 2.05) is 24.4 Å². The standard InChI is InChI=1S/C19H17N5O2/c1-11-16(25)15-18(22-14-5-3-4-10-24(14)15)23-17(21-11)12-6-8-13(9-7-12)19(26)20-2/h3-11H,1-2H3,(H,20,26)(H,21,23)/t11-/m0/s1. The van der Waals surface area contributed by atoms with Gasteiger partial charge in [0.2, 0.25) is 5.78 Å². The zero-order valence-corrected chi connectivity index (χ0v) is 14.4. The van der Waals surface area contributed by atoms with E-state index in [2.05, 4.69) is 20.6 Å². The van der Waals surface area contributed by atoms with Gasteiger partial charge >= 0.3 is 0 Å². The van der Waals surface area contributed by atoms with Crippen LogP contribution in [-0.2, 0) is 0 Å². The van der Waals surface area contributed by atoms with Crippen LogP contribution in [0.3, 0.4) is 0 Å². The molecule has 7 heteroatoms. The van der Waals surface area contributed by atoms with E-state index in [0.29, 0.717) is 28.6 Å². The Balaban J connectivity index is 1.77. The van der Waals surface area contributed by atoms with Crippen molar-refractivity contribution in [1.82, 2.24) is 14.7 Å². The lowest BCUT2D eigenvalue weighted by Crippen LogP contribution is -2.19. The van der Waals surface area contributed by atoms with E-state index in [-0.39, 0.29) is 11.7 Å². The lowest BCUT2D eigenvalue weighted by atomic mass is 10.1. The molecule has 26 heavy (non-hydrogen) atoms. The summed E-state index contributed by atoms with van der Waals surface area (Å²) in [7, 11) is 1.59. The topological polar surface area (TPSA) is 87.9 Å². The van der Waals surface area contributed by atoms with E-state index < -0.39 is 6.04 Å². The highest BCUT2D eigenvalue weighted by molar-refractivity contribution is 6.15. The lowest BCUT2D eigenvalue weighted by molar-refractivity contribution is 0.0956. The van der Waals surface area contributed by atoms with E-state index in [9.17, 15) is 9.59 Å². The number of aromatic nitrogens is 2. The summed E-state index contributed by atoms with van der Waals surface area (Å²) in [6, 6.07) is 12.1. The average molecular weight is 347 g/mol. The normalized spacial score (nSPS) is 16.5. The number of nitrogens with zero attached hydrogens (tertiary/aromatic N) is 3. The average Bonchev–Trinajstić information content (AvgIpc) is 2.98. The van der Waals surface area contributed by atoms with Crippen LogP contribution in [0.2, 0.25) is 0 Å². The number of hydrogen-bond acceptors (Lipinski definition) is 5. The quantitative estimate of drug-likeness (QED) is 0.743. The fourth-order valence-corrected chi connectivity index (χ4v) is 2.98. The number of carbonyl (C=O) groups excluding carboxylic acids is 2. The summed E-state index contributed by atoms with van der Waals surface area (Å²) < 4.78 is 1.77. The van der Waals surface area contributed by atoms with Crippen molar-refractivity contribution in [3.63, 3.8) is 0 Å². The number of pyridine rings is 1. The minimum absolute atomic E-state index is 0.0943. The monoisotopic (exact) mass is 347 g/mol. The third-order valence-corrected chi connectivity index (χ3v) is 4.35. The first-order valence-corrected chi connectivity index (χ1v) is 8.27. The van der Waals surface area contributed by atoms with Crippen molar-refractivity contribution in [3.8, 4) is 0 Å². The fraction of sp³-hybridized carbons (Fsp3) is 0.158. The predicted octanol–water partition coefficient (Wildman–Crippen LogP) is 2.14. The Labute approximate surface area is 149 Å². The molecule has 0 fully saturated rings. The van der Waals surface area contributed by atoms with E-state index >= 15 is 0 Å². The number of amides is 1. The molecule has 7 nitrogen and oxygen atoms in total. The van der Waals surface area contributed by atoms with Gasteiger partial charge in [-0.05, 0) is 31.2 Å². The molecule has 2 aromatic heterocycles. The molecule has 0 aliphatic carbocycles. The third-order valence-electron chi connectivity index (χ3n) is 4.35. The van der Waals surface area contributed by atoms with Crippen molar-refractivity contribution in [2.45, 2.75) is 13.0 Å². The van der Waals surface area contributed by atoms with Crippen molar-refractivity contribution in [3.05, 3.63) is 65.5 Å². The molecular formula is C19H17N5O2. The third kappa shape index (κ3) is 2.54. The molecule has 0 radical (unpaired) electrons. The van der Waals surface area contributed by atoms with Gasteiger partial charge in [-0.2, -0.15) is 0 Å². The van der Waals surface area contributed by atoms with Gasteiger partial charge in [0.25, 0.3) is 5.91 Å². The summed E-state index contributed by atoms with van der Waals surface area (Å²) in [5.74, 6) is 0.790. The maximum absolute atomic E-state index is 12.8. The number of hydrogen-bond donors (Lipinski definition) is 2. The molecule has 0 unspecified atom stereocenters. The number of amidine groups is 1. The summed E-state index contributed by atoms with van der Waals surface area (Å²) in [6.07, 6.45) is 1.82. The Morgan fingerprint density at radius 3 is 2.69 bits per heavy atom. The Kier molecular flexibility index (Phi) is 3.76. The Morgan fingerprint density at radius 1 is 1.19 bits per heavy atom. The number of fused-ring (bicyclic) bond motifs is 3. The van der Waals surface area contributed by atoms with Gasteiger partial charge in [-0.3, -0.25) is 19.0 Å². The van der Waals surface area contributed by atoms with E-state index in [1.165, 1.54) is 0 Å². The van der Waals surface area contributed by atoms with Crippen LogP contribution < -0.4 is 10.6 Å². The van der Waals surface area contributed by atoms with Crippen LogP contribution in [-0.4, -0.2) is 40.0 Å². The van der Waals surface area contributed by atoms with E-state index in [4.69, 9.17) is 0 Å². The van der Waals surface area contributed by atoms with Gasteiger partial charge in [0.05, 0.1) is 0 Å². The molecule has 1 aliphatic rings. The smallest absolute Gasteiger partial charge is 0.251 e. The van der Waals surface area contributed by atoms with Crippen molar-refractivity contribution >= 4 is 29.0 Å². The molecule has 4 rings (SSSR count). The van der Waals surface area contributed by atoms with Crippen LogP contribution in [0.15, 0.2) is 53.7 Å². The fourth-order valence-electron chi connectivity index (χ4n) is 2.98. The van der Waals surface area contributed by atoms with Crippen molar-refractivity contribution < 1.29 is 9.59 Å². The first-order chi connectivity index (χ1) is 12.6. The molecule has 3 aromatic rings. The Morgan fingerprint density at radius 2 is 1.96 bits per heavy atom. The molecule has 0 spiro atoms. The Bertz CT molecular complexity index is 1050. The van der Waals surface area contributed by atoms with E-state index in [1.54, 1.807) is 42.6 Å². The number of aliphatic imine (C=N–C) groups is 1. The molecule has 1 atom stereocenters. The summed E-state index contributed by atoms with van der Waals surface area (Å²) in [6.45, 7) is 1.76. The molecule has 0 saturated heterocycles. The van der Waals surface area contributed by atoms with Gasteiger partial charge in [-0.25, -0.2) is 4.98 Å². The maximum atomic E-state index is 12.8. The molecule has 2 N–H and O–H groups in total. The molecular weight excluding hydrogens is 330 g/mol. The number of ketones is 1. The van der Waals surface area contributed by atoms with Crippen LogP contribution in [0.25, 0.3) is 5.65 Å². The van der Waals surface area contributed by atoms with Gasteiger partial charge in [0.1, 0.15) is 23.2 Å². The number of imidazole rings is 1. The molecule has 1 amide bonds. The Hall–Kier alpha value is -3.48. The first kappa shape index (κ1) is 16.0. The van der Waals surface area contributed by atoms with Crippen LogP contribution in [0.4, 0.5) is 5.82 Å². The summed E-state index contributed by atoms with van der Waals surface area (Å²) in [4.78, 5) is 33.5. The second kappa shape index (κ2) is 6.11. The molecule has 3 heterocycles. The van der Waals surface area contributed by atoms with Crippen molar-refractivity contribution in [2.24, 2.45) is 4.99 Å². The SMILES string of the molecule is CNC(=O)c1ccc(C2=N[C@@H](C)C(=O)c3c(nc4ccccn34)N2)cc1. The maximum Gasteiger partial charge on any atom is 0.251 e. The molecule has 0 saturated carbocycles. The highest BCUT2D eigenvalue weighted by atomic mass is 16.1. The number of carbonyl (C=O) groups is 2. The van der Waals surface area contributed by atoms with E-state index in [0.717, 1.165) is 5.56 Å². The zero-order chi connectivity index (χ0) is 18.3. The number of anilines is 1. The predicted molar refractivity (Wildman–Crippen MR) is 99.0 cm³/mol. The number of nitrogens with one attached hydrogen (secondary N) is 2. The molecule has 0 bridgehead atoms. The van der Waals surface area contributed by atoms with Crippen LogP contribution in [0.5, 0.6) is 0 Å². The minimum Gasteiger partial charge on any atom is -0.355 e. The molecule has 1 aromatic carbocycles. The largest absolute Gasteiger partial charge is 0.355 e. The summed E-state index contributed by atoms with van der Waals surface area (Å²) >= 11 is 0. The number of Topliss-reactive ketones (excluding diaryl/α,β-unsaturated/α-hetero) is 1. The zero-order valence-electron chi connectivity index (χ0n) is 14.4. The van der Waals surface area contributed by atoms with Gasteiger partial charge in [0, 0.05) is 24.4 Å². The van der Waals surface area contributed by atoms with Gasteiger partial charge in [0.15, 0.2) is 5.82 Å². The lowest BCUT2D eigenvalue weighted by Gasteiger charge is -2.08. The highest BCUT2D eigenvalue weighted by Crippen LogP contribution is 2.24. The number of rotatable bonds is 2. The second-order valence-corrected chi connectivity index (χ2v) is 6.04. The van der Waals surface area contributed by atoms with Gasteiger partial charge in [-0.15, -0.1) is 0 Å². The van der Waals surface area contributed by atoms with Gasteiger partial charge in [-0.1, -0.05) is 18.2 Å². The number of benzene rings is 1. The molecule has 130 valence electrons. The van der Waals surface area contributed by atoms with Crippen molar-refractivity contribution in [2.75, 3.05) is 12.4 Å². The highest BCUT2D eigenvalue weighted by Gasteiger charge is 2.28. The van der Waals surface area contributed by atoms with Crippen LogP contribution >= 0.6 is 0 Å². The van der Waals surface area contributed by atoms with Crippen LogP contribution in [0, 0.1) is 0 Å². The van der Waals surface area contributed by atoms with Crippen molar-refractivity contribution in [1.29, 1.82) is 0 Å².